The van der Waals surface area contributed by atoms with Crippen molar-refractivity contribution in [3.63, 3.8) is 0 Å². The molecule has 1 rings (SSSR count). The van der Waals surface area contributed by atoms with Gasteiger partial charge in [-0.2, -0.15) is 0 Å². The molecule has 0 radical (unpaired) electrons. The highest BCUT2D eigenvalue weighted by atomic mass is 19.1. The van der Waals surface area contributed by atoms with Crippen molar-refractivity contribution in [2.75, 3.05) is 0 Å². The van der Waals surface area contributed by atoms with Gasteiger partial charge in [-0.05, 0) is 26.8 Å². The minimum atomic E-state index is -1.15. The van der Waals surface area contributed by atoms with Gasteiger partial charge in [0.15, 0.2) is 0 Å². The summed E-state index contributed by atoms with van der Waals surface area (Å²) in [6.07, 6.45) is 0. The first kappa shape index (κ1) is 14.9. The second-order valence-corrected chi connectivity index (χ2v) is 4.27. The molecule has 0 unspecified atom stereocenters. The maximum absolute atomic E-state index is 13.5. The minimum absolute atomic E-state index is 0.0294. The lowest BCUT2D eigenvalue weighted by atomic mass is 10.1. The Morgan fingerprint density at radius 3 is 2.32 bits per heavy atom. The molecule has 0 aliphatic heterocycles. The monoisotopic (exact) mass is 265 g/mol. The van der Waals surface area contributed by atoms with Gasteiger partial charge in [0.25, 0.3) is 0 Å². The Balaban J connectivity index is 2.87. The first-order valence-electron chi connectivity index (χ1n) is 5.80. The molecule has 1 aromatic carbocycles. The van der Waals surface area contributed by atoms with E-state index in [1.165, 1.54) is 19.9 Å². The predicted molar refractivity (Wildman–Crippen MR) is 69.0 cm³/mol. The summed E-state index contributed by atoms with van der Waals surface area (Å²) in [5.74, 6) is -2.08. The Morgan fingerprint density at radius 2 is 1.79 bits per heavy atom. The Bertz CT molecular complexity index is 537. The van der Waals surface area contributed by atoms with Crippen LogP contribution in [0.2, 0.25) is 0 Å². The van der Waals surface area contributed by atoms with E-state index in [9.17, 15) is 14.0 Å². The van der Waals surface area contributed by atoms with Gasteiger partial charge in [0.2, 0.25) is 5.91 Å². The maximum atomic E-state index is 13.5. The van der Waals surface area contributed by atoms with Crippen LogP contribution in [-0.4, -0.2) is 17.0 Å². The van der Waals surface area contributed by atoms with Gasteiger partial charge >= 0.3 is 5.97 Å². The number of aliphatic carboxylic acids is 1. The van der Waals surface area contributed by atoms with Crippen molar-refractivity contribution in [1.29, 1.82) is 0 Å². The average molecular weight is 265 g/mol. The summed E-state index contributed by atoms with van der Waals surface area (Å²) in [4.78, 5) is 22.6. The highest BCUT2D eigenvalue weighted by molar-refractivity contribution is 6.01. The lowest BCUT2D eigenvalue weighted by Crippen LogP contribution is -2.29. The molecular weight excluding hydrogens is 249 g/mol. The van der Waals surface area contributed by atoms with Crippen LogP contribution in [0.25, 0.3) is 0 Å². The third kappa shape index (κ3) is 3.64. The van der Waals surface area contributed by atoms with Crippen LogP contribution in [-0.2, 0) is 9.59 Å². The van der Waals surface area contributed by atoms with Crippen LogP contribution in [0, 0.1) is 5.82 Å². The van der Waals surface area contributed by atoms with Crippen molar-refractivity contribution in [3.05, 3.63) is 46.8 Å². The summed E-state index contributed by atoms with van der Waals surface area (Å²) in [6.45, 7) is 4.41. The number of nitrogens with one attached hydrogen (secondary N) is 1. The number of carbonyl (C=O) groups excluding carboxylic acids is 1. The molecule has 5 heteroatoms. The number of hydrogen-bond donors (Lipinski definition) is 2. The number of hydrogen-bond acceptors (Lipinski definition) is 2. The van der Waals surface area contributed by atoms with Crippen LogP contribution in [0.1, 0.15) is 32.4 Å². The van der Waals surface area contributed by atoms with Gasteiger partial charge in [-0.3, -0.25) is 4.79 Å². The Kier molecular flexibility index (Phi) is 4.80. The summed E-state index contributed by atoms with van der Waals surface area (Å²) in [7, 11) is 0. The second-order valence-electron chi connectivity index (χ2n) is 4.27. The molecule has 1 atom stereocenters. The smallest absolute Gasteiger partial charge is 0.331 e. The first-order chi connectivity index (χ1) is 8.84. The SMILES string of the molecule is C/C(C(=O)O)=C(\C)C(=O)N[C@@H](C)c1ccccc1F. The Labute approximate surface area is 110 Å². The number of halogens is 1. The molecule has 102 valence electrons. The number of rotatable bonds is 4. The van der Waals surface area contributed by atoms with Gasteiger partial charge in [-0.1, -0.05) is 18.2 Å². The zero-order chi connectivity index (χ0) is 14.6. The standard InChI is InChI=1S/C14H16FNO3/c1-8(9(2)14(18)19)13(17)16-10(3)11-6-4-5-7-12(11)15/h4-7,10H,1-3H3,(H,16,17)(H,18,19)/b9-8-/t10-/m0/s1. The van der Waals surface area contributed by atoms with Crippen LogP contribution in [0.15, 0.2) is 35.4 Å². The Hall–Kier alpha value is -2.17. The van der Waals surface area contributed by atoms with Crippen LogP contribution in [0.3, 0.4) is 0 Å². The van der Waals surface area contributed by atoms with Crippen molar-refractivity contribution < 1.29 is 19.1 Å². The van der Waals surface area contributed by atoms with Crippen LogP contribution in [0.5, 0.6) is 0 Å². The molecule has 0 saturated carbocycles. The average Bonchev–Trinajstić information content (AvgIpc) is 2.37. The van der Waals surface area contributed by atoms with Crippen LogP contribution < -0.4 is 5.32 Å². The molecular formula is C14H16FNO3. The number of amides is 1. The van der Waals surface area contributed by atoms with Crippen LogP contribution >= 0.6 is 0 Å². The summed E-state index contributed by atoms with van der Waals surface area (Å²) in [5, 5.41) is 11.4. The van der Waals surface area contributed by atoms with Gasteiger partial charge in [-0.15, -0.1) is 0 Å². The lowest BCUT2D eigenvalue weighted by Gasteiger charge is -2.15. The number of carboxylic acid groups (broad SMARTS) is 1. The van der Waals surface area contributed by atoms with E-state index in [0.29, 0.717) is 5.56 Å². The molecule has 1 amide bonds. The normalized spacial score (nSPS) is 13.5. The van der Waals surface area contributed by atoms with Gasteiger partial charge in [0.1, 0.15) is 5.82 Å². The van der Waals surface area contributed by atoms with E-state index in [4.69, 9.17) is 5.11 Å². The summed E-state index contributed by atoms with van der Waals surface area (Å²) in [5.41, 5.74) is 0.436. The summed E-state index contributed by atoms with van der Waals surface area (Å²) >= 11 is 0. The number of carbonyl (C=O) groups is 2. The third-order valence-corrected chi connectivity index (χ3v) is 2.94. The van der Waals surface area contributed by atoms with E-state index in [1.807, 2.05) is 0 Å². The van der Waals surface area contributed by atoms with Crippen molar-refractivity contribution in [1.82, 2.24) is 5.32 Å². The van der Waals surface area contributed by atoms with E-state index in [0.717, 1.165) is 0 Å². The largest absolute Gasteiger partial charge is 0.478 e. The number of benzene rings is 1. The van der Waals surface area contributed by atoms with Crippen LogP contribution in [0.4, 0.5) is 4.39 Å². The molecule has 0 spiro atoms. The molecule has 0 aliphatic rings. The van der Waals surface area contributed by atoms with Crippen molar-refractivity contribution in [3.8, 4) is 0 Å². The van der Waals surface area contributed by atoms with E-state index < -0.39 is 23.7 Å². The quantitative estimate of drug-likeness (QED) is 0.822. The van der Waals surface area contributed by atoms with Gasteiger partial charge < -0.3 is 10.4 Å². The molecule has 2 N–H and O–H groups in total. The molecule has 0 bridgehead atoms. The summed E-state index contributed by atoms with van der Waals surface area (Å²) in [6, 6.07) is 5.58. The van der Waals surface area contributed by atoms with E-state index in [2.05, 4.69) is 5.32 Å². The Morgan fingerprint density at radius 1 is 1.21 bits per heavy atom. The predicted octanol–water partition coefficient (Wildman–Crippen LogP) is 2.42. The minimum Gasteiger partial charge on any atom is -0.478 e. The lowest BCUT2D eigenvalue weighted by molar-refractivity contribution is -0.133. The fourth-order valence-corrected chi connectivity index (χ4v) is 1.54. The zero-order valence-electron chi connectivity index (χ0n) is 11.0. The summed E-state index contributed by atoms with van der Waals surface area (Å²) < 4.78 is 13.5. The van der Waals surface area contributed by atoms with Crippen molar-refractivity contribution >= 4 is 11.9 Å². The van der Waals surface area contributed by atoms with Gasteiger partial charge in [0.05, 0.1) is 6.04 Å². The second kappa shape index (κ2) is 6.13. The fourth-order valence-electron chi connectivity index (χ4n) is 1.54. The van der Waals surface area contributed by atoms with Crippen molar-refractivity contribution in [2.45, 2.75) is 26.8 Å². The molecule has 0 aromatic heterocycles. The molecule has 0 fully saturated rings. The highest BCUT2D eigenvalue weighted by Gasteiger charge is 2.17. The first-order valence-corrected chi connectivity index (χ1v) is 5.80. The molecule has 0 heterocycles. The molecule has 0 saturated heterocycles. The number of carboxylic acids is 1. The molecule has 0 aliphatic carbocycles. The van der Waals surface area contributed by atoms with E-state index in [1.54, 1.807) is 25.1 Å². The molecule has 19 heavy (non-hydrogen) atoms. The third-order valence-electron chi connectivity index (χ3n) is 2.94. The van der Waals surface area contributed by atoms with E-state index in [-0.39, 0.29) is 11.1 Å². The highest BCUT2D eigenvalue weighted by Crippen LogP contribution is 2.17. The fraction of sp³-hybridized carbons (Fsp3) is 0.286. The molecule has 4 nitrogen and oxygen atoms in total. The van der Waals surface area contributed by atoms with Gasteiger partial charge in [0, 0.05) is 16.7 Å². The van der Waals surface area contributed by atoms with E-state index >= 15 is 0 Å². The maximum Gasteiger partial charge on any atom is 0.331 e. The molecule has 1 aromatic rings. The van der Waals surface area contributed by atoms with Crippen molar-refractivity contribution in [2.24, 2.45) is 0 Å². The zero-order valence-corrected chi connectivity index (χ0v) is 11.0. The van der Waals surface area contributed by atoms with Gasteiger partial charge in [-0.25, -0.2) is 9.18 Å². The topological polar surface area (TPSA) is 66.4 Å².